The number of aromatic nitrogens is 1. The van der Waals surface area contributed by atoms with Gasteiger partial charge in [-0.15, -0.1) is 11.3 Å². The Kier molecular flexibility index (Phi) is 5.65. The first kappa shape index (κ1) is 20.2. The van der Waals surface area contributed by atoms with Crippen molar-refractivity contribution in [1.29, 1.82) is 0 Å². The summed E-state index contributed by atoms with van der Waals surface area (Å²) in [5.74, 6) is -2.65. The Balaban J connectivity index is 2.36. The number of carboxylic acids is 1. The monoisotopic (exact) mass is 421 g/mol. The average Bonchev–Trinajstić information content (AvgIpc) is 2.86. The fourth-order valence-electron chi connectivity index (χ4n) is 2.09. The van der Waals surface area contributed by atoms with Gasteiger partial charge in [-0.2, -0.15) is 0 Å². The number of carbonyl (C=O) groups excluding carboxylic acids is 1. The molecule has 0 spiro atoms. The first-order valence-electron chi connectivity index (χ1n) is 6.99. The highest BCUT2D eigenvalue weighted by Crippen LogP contribution is 2.31. The zero-order valence-electron chi connectivity index (χ0n) is 13.4. The van der Waals surface area contributed by atoms with Gasteiger partial charge >= 0.3 is 5.97 Å². The quantitative estimate of drug-likeness (QED) is 0.535. The second-order valence-electron chi connectivity index (χ2n) is 5.41. The molecule has 0 aliphatic carbocycles. The van der Waals surface area contributed by atoms with E-state index in [1.165, 1.54) is 18.2 Å². The van der Waals surface area contributed by atoms with Crippen LogP contribution in [0.3, 0.4) is 0 Å². The van der Waals surface area contributed by atoms with Crippen molar-refractivity contribution < 1.29 is 31.5 Å². The van der Waals surface area contributed by atoms with E-state index in [9.17, 15) is 26.4 Å². The highest BCUT2D eigenvalue weighted by Gasteiger charge is 2.34. The van der Waals surface area contributed by atoms with E-state index in [0.717, 1.165) is 17.6 Å². The van der Waals surface area contributed by atoms with Crippen molar-refractivity contribution in [3.63, 3.8) is 0 Å². The molecule has 0 fully saturated rings. The number of nitrogens with zero attached hydrogens (tertiary/aromatic N) is 1. The van der Waals surface area contributed by atoms with Gasteiger partial charge in [-0.25, -0.2) is 31.8 Å². The lowest BCUT2D eigenvalue weighted by Gasteiger charge is -2.12. The zero-order valence-corrected chi connectivity index (χ0v) is 15.8. The van der Waals surface area contributed by atoms with E-state index in [1.807, 2.05) is 0 Å². The summed E-state index contributed by atoms with van der Waals surface area (Å²) in [6, 6.07) is 4.09. The zero-order chi connectivity index (χ0) is 19.7. The number of benzene rings is 1. The van der Waals surface area contributed by atoms with E-state index < -0.39 is 42.7 Å². The van der Waals surface area contributed by atoms with Crippen LogP contribution in [0, 0.1) is 0 Å². The Bertz CT molecular complexity index is 1070. The molecule has 1 unspecified atom stereocenters. The maximum absolute atomic E-state index is 12.3. The molecule has 10 nitrogen and oxygen atoms in total. The molecule has 1 atom stereocenters. The summed E-state index contributed by atoms with van der Waals surface area (Å²) in [6.45, 7) is -0.349. The van der Waals surface area contributed by atoms with Crippen LogP contribution >= 0.6 is 11.3 Å². The van der Waals surface area contributed by atoms with Gasteiger partial charge in [0.2, 0.25) is 15.9 Å². The largest absolute Gasteiger partial charge is 0.478 e. The average molecular weight is 421 g/mol. The van der Waals surface area contributed by atoms with E-state index in [4.69, 9.17) is 10.2 Å². The Morgan fingerprint density at radius 3 is 2.50 bits per heavy atom. The third kappa shape index (κ3) is 4.97. The number of nitrogens with two attached hydrogens (primary N) is 1. The molecule has 0 radical (unpaired) electrons. The summed E-state index contributed by atoms with van der Waals surface area (Å²) in [5.41, 5.74) is 0.221. The minimum Gasteiger partial charge on any atom is -0.478 e. The summed E-state index contributed by atoms with van der Waals surface area (Å²) < 4.78 is 46.4. The number of nitrogens with one attached hydrogen (secondary N) is 1. The molecule has 1 amide bonds. The normalized spacial score (nSPS) is 13.5. The molecular formula is C13H15N3O7S3. The molecule has 1 heterocycles. The molecule has 2 rings (SSSR count). The van der Waals surface area contributed by atoms with Crippen LogP contribution in [0.2, 0.25) is 0 Å². The first-order chi connectivity index (χ1) is 11.9. The fourth-order valence-corrected chi connectivity index (χ4v) is 4.96. The van der Waals surface area contributed by atoms with Crippen LogP contribution in [-0.4, -0.2) is 57.4 Å². The Morgan fingerprint density at radius 2 is 1.96 bits per heavy atom. The molecule has 1 aromatic heterocycles. The molecule has 1 aromatic carbocycles. The van der Waals surface area contributed by atoms with Crippen molar-refractivity contribution in [2.75, 3.05) is 18.6 Å². The molecule has 0 saturated heterocycles. The molecule has 13 heteroatoms. The highest BCUT2D eigenvalue weighted by molar-refractivity contribution is 7.91. The number of carboxylic acid groups (broad SMARTS) is 1. The molecule has 142 valence electrons. The minimum atomic E-state index is -3.92. The van der Waals surface area contributed by atoms with E-state index in [-0.39, 0.29) is 22.6 Å². The van der Waals surface area contributed by atoms with Crippen LogP contribution in [0.1, 0.15) is 20.6 Å². The van der Waals surface area contributed by atoms with Crippen LogP contribution in [0.5, 0.6) is 0 Å². The second-order valence-corrected chi connectivity index (χ2v) is 10.3. The van der Waals surface area contributed by atoms with Crippen molar-refractivity contribution >= 4 is 53.3 Å². The van der Waals surface area contributed by atoms with Crippen molar-refractivity contribution in [3.05, 3.63) is 28.8 Å². The fraction of sp³-hybridized carbons (Fsp3) is 0.308. The van der Waals surface area contributed by atoms with Crippen molar-refractivity contribution in [1.82, 2.24) is 10.3 Å². The van der Waals surface area contributed by atoms with Gasteiger partial charge in [0.05, 0.1) is 21.5 Å². The Labute approximate surface area is 153 Å². The topological polar surface area (TPSA) is 174 Å². The SMILES string of the molecule is CS(=O)(=O)C(C(=O)NCCS(N)(=O)=O)c1nc2cc(C(=O)O)ccc2s1. The lowest BCUT2D eigenvalue weighted by Crippen LogP contribution is -2.37. The third-order valence-corrected chi connectivity index (χ3v) is 6.54. The minimum absolute atomic E-state index is 0.0251. The van der Waals surface area contributed by atoms with Crippen molar-refractivity contribution in [3.8, 4) is 0 Å². The molecule has 2 aromatic rings. The summed E-state index contributed by atoms with van der Waals surface area (Å²) in [4.78, 5) is 27.4. The van der Waals surface area contributed by atoms with Gasteiger partial charge in [0.1, 0.15) is 5.01 Å². The molecule has 26 heavy (non-hydrogen) atoms. The van der Waals surface area contributed by atoms with Crippen LogP contribution in [0.25, 0.3) is 10.2 Å². The summed E-state index contributed by atoms with van der Waals surface area (Å²) >= 11 is 0.933. The van der Waals surface area contributed by atoms with Crippen LogP contribution in [-0.2, 0) is 24.7 Å². The van der Waals surface area contributed by atoms with Crippen LogP contribution < -0.4 is 10.5 Å². The van der Waals surface area contributed by atoms with Gasteiger partial charge in [-0.05, 0) is 18.2 Å². The maximum atomic E-state index is 12.3. The van der Waals surface area contributed by atoms with Crippen LogP contribution in [0.4, 0.5) is 0 Å². The van der Waals surface area contributed by atoms with E-state index >= 15 is 0 Å². The van der Waals surface area contributed by atoms with Gasteiger partial charge in [0, 0.05) is 12.8 Å². The van der Waals surface area contributed by atoms with Gasteiger partial charge in [0.25, 0.3) is 0 Å². The molecular weight excluding hydrogens is 406 g/mol. The van der Waals surface area contributed by atoms with Gasteiger partial charge in [0.15, 0.2) is 15.1 Å². The van der Waals surface area contributed by atoms with E-state index in [1.54, 1.807) is 0 Å². The van der Waals surface area contributed by atoms with E-state index in [2.05, 4.69) is 10.3 Å². The molecule has 4 N–H and O–H groups in total. The molecule has 0 aliphatic heterocycles. The van der Waals surface area contributed by atoms with Crippen molar-refractivity contribution in [2.45, 2.75) is 5.25 Å². The molecule has 0 saturated carbocycles. The number of sulfone groups is 1. The van der Waals surface area contributed by atoms with E-state index in [0.29, 0.717) is 4.70 Å². The van der Waals surface area contributed by atoms with Gasteiger partial charge < -0.3 is 10.4 Å². The van der Waals surface area contributed by atoms with Crippen molar-refractivity contribution in [2.24, 2.45) is 5.14 Å². The summed E-state index contributed by atoms with van der Waals surface area (Å²) in [6.07, 6.45) is 0.853. The number of thiazole rings is 1. The van der Waals surface area contributed by atoms with Gasteiger partial charge in [-0.1, -0.05) is 0 Å². The number of fused-ring (bicyclic) bond motifs is 1. The number of sulfonamides is 1. The molecule has 0 aliphatic rings. The summed E-state index contributed by atoms with van der Waals surface area (Å²) in [5, 5.41) is 14.4. The second kappa shape index (κ2) is 7.26. The lowest BCUT2D eigenvalue weighted by atomic mass is 10.2. The number of primary sulfonamides is 1. The number of hydrogen-bond donors (Lipinski definition) is 3. The molecule has 0 bridgehead atoms. The Hall–Kier alpha value is -2.09. The first-order valence-corrected chi connectivity index (χ1v) is 11.5. The summed E-state index contributed by atoms with van der Waals surface area (Å²) in [7, 11) is -7.73. The number of aromatic carboxylic acids is 1. The Morgan fingerprint density at radius 1 is 1.31 bits per heavy atom. The maximum Gasteiger partial charge on any atom is 0.335 e. The highest BCUT2D eigenvalue weighted by atomic mass is 32.2. The smallest absolute Gasteiger partial charge is 0.335 e. The predicted octanol–water partition coefficient (Wildman–Crippen LogP) is -0.515. The lowest BCUT2D eigenvalue weighted by molar-refractivity contribution is -0.120. The number of rotatable bonds is 7. The number of carbonyl (C=O) groups is 2. The number of amides is 1. The number of hydrogen-bond acceptors (Lipinski definition) is 8. The van der Waals surface area contributed by atoms with Gasteiger partial charge in [-0.3, -0.25) is 4.79 Å². The predicted molar refractivity (Wildman–Crippen MR) is 95.1 cm³/mol. The standard InChI is InChI=1S/C13H15N3O7S3/c1-25(20,21)10(11(17)15-4-5-26(14,22)23)12-16-8-6-7(13(18)19)2-3-9(8)24-12/h2-3,6,10H,4-5H2,1H3,(H,15,17)(H,18,19)(H2,14,22,23). The third-order valence-electron chi connectivity index (χ3n) is 3.23. The van der Waals surface area contributed by atoms with Crippen LogP contribution in [0.15, 0.2) is 18.2 Å².